The number of nitrogens with zero attached hydrogens (tertiary/aromatic N) is 1. The molecule has 35 heavy (non-hydrogen) atoms. The van der Waals surface area contributed by atoms with Crippen LogP contribution in [0.5, 0.6) is 0 Å². The largest absolute Gasteiger partial charge is 0.444 e. The van der Waals surface area contributed by atoms with Crippen molar-refractivity contribution in [3.8, 4) is 0 Å². The van der Waals surface area contributed by atoms with Crippen LogP contribution < -0.4 is 10.6 Å². The van der Waals surface area contributed by atoms with Gasteiger partial charge in [-0.1, -0.05) is 44.0 Å². The minimum absolute atomic E-state index is 0.0508. The topological polar surface area (TPSA) is 87.7 Å². The molecule has 196 valence electrons. The maximum Gasteiger partial charge on any atom is 0.408 e. The van der Waals surface area contributed by atoms with Crippen LogP contribution in [-0.4, -0.2) is 46.0 Å². The van der Waals surface area contributed by atoms with Gasteiger partial charge in [0, 0.05) is 11.6 Å². The fourth-order valence-electron chi connectivity index (χ4n) is 4.06. The molecule has 1 aliphatic rings. The minimum Gasteiger partial charge on any atom is -0.444 e. The standard InChI is InChI=1S/C28H45N3O4/c1-11-18(3)22(29-26(34)35-28(8,9)10)25(33)31(20-14-15-20)23(24(32)30-27(5,6)7)21-16-17(2)12-13-19(21)4/h12-13,16,18,20,22-23H,11,14-15H2,1-10H3,(H,29,34)(H,30,32). The number of benzene rings is 1. The molecule has 2 rings (SSSR count). The van der Waals surface area contributed by atoms with E-state index < -0.39 is 29.3 Å². The summed E-state index contributed by atoms with van der Waals surface area (Å²) < 4.78 is 5.46. The number of carbonyl (C=O) groups excluding carboxylic acids is 3. The fraction of sp³-hybridized carbons (Fsp3) is 0.679. The number of nitrogens with one attached hydrogen (secondary N) is 2. The Labute approximate surface area is 211 Å². The van der Waals surface area contributed by atoms with E-state index in [0.717, 1.165) is 29.5 Å². The molecule has 1 saturated carbocycles. The van der Waals surface area contributed by atoms with Crippen molar-refractivity contribution in [1.29, 1.82) is 0 Å². The quantitative estimate of drug-likeness (QED) is 0.528. The summed E-state index contributed by atoms with van der Waals surface area (Å²) in [7, 11) is 0. The molecule has 0 saturated heterocycles. The van der Waals surface area contributed by atoms with Gasteiger partial charge in [-0.25, -0.2) is 4.79 Å². The van der Waals surface area contributed by atoms with Crippen molar-refractivity contribution in [1.82, 2.24) is 15.5 Å². The molecule has 0 heterocycles. The van der Waals surface area contributed by atoms with Gasteiger partial charge in [0.1, 0.15) is 17.7 Å². The van der Waals surface area contributed by atoms with Crippen LogP contribution in [0.25, 0.3) is 0 Å². The molecular weight excluding hydrogens is 442 g/mol. The second-order valence-corrected chi connectivity index (χ2v) is 12.0. The summed E-state index contributed by atoms with van der Waals surface area (Å²) >= 11 is 0. The van der Waals surface area contributed by atoms with Crippen LogP contribution in [0.1, 0.15) is 97.4 Å². The Balaban J connectivity index is 2.54. The van der Waals surface area contributed by atoms with Crippen molar-refractivity contribution < 1.29 is 19.1 Å². The molecule has 0 spiro atoms. The minimum atomic E-state index is -0.800. The third-order valence-corrected chi connectivity index (χ3v) is 6.10. The zero-order valence-electron chi connectivity index (χ0n) is 23.2. The number of hydrogen-bond donors (Lipinski definition) is 2. The maximum absolute atomic E-state index is 14.2. The molecule has 1 aliphatic carbocycles. The lowest BCUT2D eigenvalue weighted by molar-refractivity contribution is -0.144. The maximum atomic E-state index is 14.2. The zero-order chi connectivity index (χ0) is 26.7. The smallest absolute Gasteiger partial charge is 0.408 e. The molecule has 0 bridgehead atoms. The predicted octanol–water partition coefficient (Wildman–Crippen LogP) is 5.19. The van der Waals surface area contributed by atoms with Gasteiger partial charge in [-0.15, -0.1) is 0 Å². The van der Waals surface area contributed by atoms with Crippen molar-refractivity contribution in [3.63, 3.8) is 0 Å². The van der Waals surface area contributed by atoms with Crippen LogP contribution >= 0.6 is 0 Å². The van der Waals surface area contributed by atoms with Gasteiger partial charge in [0.05, 0.1) is 0 Å². The Morgan fingerprint density at radius 3 is 2.17 bits per heavy atom. The molecule has 1 fully saturated rings. The molecule has 3 amide bonds. The van der Waals surface area contributed by atoms with E-state index in [0.29, 0.717) is 6.42 Å². The summed E-state index contributed by atoms with van der Waals surface area (Å²) in [6, 6.07) is 4.34. The van der Waals surface area contributed by atoms with E-state index >= 15 is 0 Å². The number of alkyl carbamates (subject to hydrolysis) is 1. The molecule has 7 nitrogen and oxygen atoms in total. The van der Waals surface area contributed by atoms with Crippen LogP contribution in [0.4, 0.5) is 4.79 Å². The molecule has 7 heteroatoms. The highest BCUT2D eigenvalue weighted by Crippen LogP contribution is 2.37. The number of hydrogen-bond acceptors (Lipinski definition) is 4. The second kappa shape index (κ2) is 11.0. The van der Waals surface area contributed by atoms with E-state index in [1.54, 1.807) is 25.7 Å². The third kappa shape index (κ3) is 8.25. The first-order chi connectivity index (χ1) is 16.0. The number of rotatable bonds is 8. The molecule has 1 aromatic carbocycles. The normalized spacial score (nSPS) is 16.6. The van der Waals surface area contributed by atoms with Crippen molar-refractivity contribution in [2.24, 2.45) is 5.92 Å². The monoisotopic (exact) mass is 487 g/mol. The highest BCUT2D eigenvalue weighted by molar-refractivity contribution is 5.93. The number of amides is 3. The van der Waals surface area contributed by atoms with Crippen LogP contribution in [0, 0.1) is 19.8 Å². The molecule has 0 radical (unpaired) electrons. The summed E-state index contributed by atoms with van der Waals surface area (Å²) in [5, 5.41) is 5.91. The lowest BCUT2D eigenvalue weighted by Crippen LogP contribution is -2.57. The van der Waals surface area contributed by atoms with Crippen molar-refractivity contribution in [2.45, 2.75) is 118 Å². The van der Waals surface area contributed by atoms with E-state index in [1.165, 1.54) is 0 Å². The molecule has 0 aliphatic heterocycles. The molecule has 0 aromatic heterocycles. The summed E-state index contributed by atoms with van der Waals surface area (Å²) in [5.41, 5.74) is 1.64. The lowest BCUT2D eigenvalue weighted by atomic mass is 9.93. The second-order valence-electron chi connectivity index (χ2n) is 12.0. The van der Waals surface area contributed by atoms with Crippen molar-refractivity contribution >= 4 is 17.9 Å². The van der Waals surface area contributed by atoms with E-state index in [9.17, 15) is 14.4 Å². The molecule has 3 unspecified atom stereocenters. The summed E-state index contributed by atoms with van der Waals surface area (Å²) in [6.07, 6.45) is 1.72. The predicted molar refractivity (Wildman–Crippen MR) is 139 cm³/mol. The Morgan fingerprint density at radius 2 is 1.69 bits per heavy atom. The van der Waals surface area contributed by atoms with Crippen molar-refractivity contribution in [3.05, 3.63) is 34.9 Å². The first-order valence-electron chi connectivity index (χ1n) is 12.7. The van der Waals surface area contributed by atoms with Gasteiger partial charge in [0.15, 0.2) is 0 Å². The molecule has 2 N–H and O–H groups in total. The van der Waals surface area contributed by atoms with Gasteiger partial charge >= 0.3 is 6.09 Å². The number of carbonyl (C=O) groups is 3. The first kappa shape index (κ1) is 28.7. The van der Waals surface area contributed by atoms with Crippen LogP contribution in [0.3, 0.4) is 0 Å². The zero-order valence-corrected chi connectivity index (χ0v) is 23.2. The van der Waals surface area contributed by atoms with E-state index in [-0.39, 0.29) is 23.8 Å². The van der Waals surface area contributed by atoms with Gasteiger partial charge in [-0.2, -0.15) is 0 Å². The first-order valence-corrected chi connectivity index (χ1v) is 12.7. The summed E-state index contributed by atoms with van der Waals surface area (Å²) in [4.78, 5) is 42.3. The average molecular weight is 488 g/mol. The van der Waals surface area contributed by atoms with Gasteiger partial charge in [0.2, 0.25) is 11.8 Å². The number of aryl methyl sites for hydroxylation is 2. The lowest BCUT2D eigenvalue weighted by Gasteiger charge is -2.38. The highest BCUT2D eigenvalue weighted by atomic mass is 16.6. The fourth-order valence-corrected chi connectivity index (χ4v) is 4.06. The molecular formula is C28H45N3O4. The van der Waals surface area contributed by atoms with Gasteiger partial charge in [-0.3, -0.25) is 9.59 Å². The van der Waals surface area contributed by atoms with Crippen molar-refractivity contribution in [2.75, 3.05) is 0 Å². The number of ether oxygens (including phenoxy) is 1. The van der Waals surface area contributed by atoms with Gasteiger partial charge in [-0.05, 0) is 85.3 Å². The summed E-state index contributed by atoms with van der Waals surface area (Å²) in [5.74, 6) is -0.601. The Bertz CT molecular complexity index is 925. The average Bonchev–Trinajstić information content (AvgIpc) is 3.53. The van der Waals surface area contributed by atoms with E-state index in [4.69, 9.17) is 4.74 Å². The highest BCUT2D eigenvalue weighted by Gasteiger charge is 2.45. The van der Waals surface area contributed by atoms with E-state index in [2.05, 4.69) is 10.6 Å². The SMILES string of the molecule is CCC(C)C(NC(=O)OC(C)(C)C)C(=O)N(C1CC1)C(C(=O)NC(C)(C)C)c1cc(C)ccc1C. The van der Waals surface area contributed by atoms with Gasteiger partial charge in [0.25, 0.3) is 0 Å². The summed E-state index contributed by atoms with van der Waals surface area (Å²) in [6.45, 7) is 19.0. The van der Waals surface area contributed by atoms with Crippen LogP contribution in [0.15, 0.2) is 18.2 Å². The molecule has 3 atom stereocenters. The van der Waals surface area contributed by atoms with Gasteiger partial charge < -0.3 is 20.3 Å². The third-order valence-electron chi connectivity index (χ3n) is 6.10. The Morgan fingerprint density at radius 1 is 1.09 bits per heavy atom. The van der Waals surface area contributed by atoms with E-state index in [1.807, 2.05) is 66.7 Å². The van der Waals surface area contributed by atoms with Crippen LogP contribution in [-0.2, 0) is 14.3 Å². The molecule has 1 aromatic rings. The Hall–Kier alpha value is -2.57. The Kier molecular flexibility index (Phi) is 9.01. The van der Waals surface area contributed by atoms with Crippen LogP contribution in [0.2, 0.25) is 0 Å².